The average molecular weight is 432 g/mol. The van der Waals surface area contributed by atoms with Crippen molar-refractivity contribution in [1.29, 1.82) is 5.26 Å². The van der Waals surface area contributed by atoms with E-state index in [0.717, 1.165) is 18.4 Å². The SMILES string of the molecule is Cc1cc(Oc2ccnc3cc(OCCCO)c(C#N)cc23)ccc1NC(=O)NC1CC1. The Bertz CT molecular complexity index is 1180. The first-order valence-corrected chi connectivity index (χ1v) is 10.5. The molecule has 0 atom stereocenters. The number of aliphatic hydroxyl groups is 1. The predicted molar refractivity (Wildman–Crippen MR) is 120 cm³/mol. The molecule has 1 aliphatic rings. The van der Waals surface area contributed by atoms with Crippen molar-refractivity contribution in [3.05, 3.63) is 53.7 Å². The number of carbonyl (C=O) groups excluding carboxylic acids is 1. The fraction of sp³-hybridized carbons (Fsp3) is 0.292. The van der Waals surface area contributed by atoms with Gasteiger partial charge in [0.15, 0.2) is 0 Å². The van der Waals surface area contributed by atoms with Crippen molar-refractivity contribution < 1.29 is 19.4 Å². The average Bonchev–Trinajstić information content (AvgIpc) is 3.59. The number of nitrogens with zero attached hydrogens (tertiary/aromatic N) is 2. The molecule has 1 saturated carbocycles. The number of nitrogens with one attached hydrogen (secondary N) is 2. The predicted octanol–water partition coefficient (Wildman–Crippen LogP) is 4.25. The number of nitriles is 1. The smallest absolute Gasteiger partial charge is 0.319 e. The summed E-state index contributed by atoms with van der Waals surface area (Å²) in [5.41, 5.74) is 2.58. The molecule has 0 aliphatic heterocycles. The second-order valence-corrected chi connectivity index (χ2v) is 7.66. The number of pyridine rings is 1. The van der Waals surface area contributed by atoms with Crippen molar-refractivity contribution in [2.75, 3.05) is 18.5 Å². The fourth-order valence-electron chi connectivity index (χ4n) is 3.23. The number of carbonyl (C=O) groups is 1. The Morgan fingerprint density at radius 1 is 1.25 bits per heavy atom. The van der Waals surface area contributed by atoms with Crippen molar-refractivity contribution in [3.8, 4) is 23.3 Å². The number of rotatable bonds is 8. The highest BCUT2D eigenvalue weighted by molar-refractivity contribution is 5.91. The summed E-state index contributed by atoms with van der Waals surface area (Å²) in [6.07, 6.45) is 4.17. The number of benzene rings is 2. The van der Waals surface area contributed by atoms with E-state index in [9.17, 15) is 10.1 Å². The van der Waals surface area contributed by atoms with Gasteiger partial charge in [-0.2, -0.15) is 5.26 Å². The van der Waals surface area contributed by atoms with Gasteiger partial charge >= 0.3 is 6.03 Å². The van der Waals surface area contributed by atoms with E-state index in [-0.39, 0.29) is 18.7 Å². The van der Waals surface area contributed by atoms with Crippen LogP contribution in [-0.4, -0.2) is 35.4 Å². The molecule has 2 aromatic carbocycles. The van der Waals surface area contributed by atoms with E-state index in [0.29, 0.717) is 52.4 Å². The molecule has 0 bridgehead atoms. The minimum atomic E-state index is -0.203. The third-order valence-corrected chi connectivity index (χ3v) is 5.07. The van der Waals surface area contributed by atoms with E-state index in [1.54, 1.807) is 36.5 Å². The van der Waals surface area contributed by atoms with E-state index in [1.165, 1.54) is 0 Å². The van der Waals surface area contributed by atoms with Crippen LogP contribution in [-0.2, 0) is 0 Å². The summed E-state index contributed by atoms with van der Waals surface area (Å²) in [6, 6.07) is 12.8. The molecule has 8 heteroatoms. The zero-order valence-electron chi connectivity index (χ0n) is 17.7. The number of amides is 2. The van der Waals surface area contributed by atoms with Crippen LogP contribution in [0.25, 0.3) is 10.9 Å². The molecular formula is C24H24N4O4. The van der Waals surface area contributed by atoms with Gasteiger partial charge < -0.3 is 25.2 Å². The summed E-state index contributed by atoms with van der Waals surface area (Å²) in [4.78, 5) is 16.4. The Morgan fingerprint density at radius 3 is 2.81 bits per heavy atom. The first kappa shape index (κ1) is 21.4. The summed E-state index contributed by atoms with van der Waals surface area (Å²) in [6.45, 7) is 2.23. The summed E-state index contributed by atoms with van der Waals surface area (Å²) < 4.78 is 11.7. The quantitative estimate of drug-likeness (QED) is 0.458. The van der Waals surface area contributed by atoms with Gasteiger partial charge in [0.1, 0.15) is 23.3 Å². The number of aliphatic hydroxyl groups excluding tert-OH is 1. The lowest BCUT2D eigenvalue weighted by Crippen LogP contribution is -2.30. The number of fused-ring (bicyclic) bond motifs is 1. The van der Waals surface area contributed by atoms with Crippen LogP contribution in [0.1, 0.15) is 30.4 Å². The topological polar surface area (TPSA) is 116 Å². The van der Waals surface area contributed by atoms with E-state index in [2.05, 4.69) is 21.7 Å². The van der Waals surface area contributed by atoms with E-state index >= 15 is 0 Å². The summed E-state index contributed by atoms with van der Waals surface area (Å²) in [5, 5.41) is 24.9. The molecule has 0 radical (unpaired) electrons. The highest BCUT2D eigenvalue weighted by atomic mass is 16.5. The second-order valence-electron chi connectivity index (χ2n) is 7.66. The molecule has 0 spiro atoms. The van der Waals surface area contributed by atoms with Crippen LogP contribution in [0.3, 0.4) is 0 Å². The van der Waals surface area contributed by atoms with Gasteiger partial charge in [-0.05, 0) is 55.7 Å². The third kappa shape index (κ3) is 5.07. The monoisotopic (exact) mass is 432 g/mol. The number of anilines is 1. The number of ether oxygens (including phenoxy) is 2. The Hall–Kier alpha value is -3.83. The van der Waals surface area contributed by atoms with Crippen molar-refractivity contribution in [2.45, 2.75) is 32.2 Å². The maximum Gasteiger partial charge on any atom is 0.319 e. The fourth-order valence-corrected chi connectivity index (χ4v) is 3.23. The van der Waals surface area contributed by atoms with E-state index < -0.39 is 0 Å². The first-order valence-electron chi connectivity index (χ1n) is 10.5. The normalized spacial score (nSPS) is 12.8. The summed E-state index contributed by atoms with van der Waals surface area (Å²) in [7, 11) is 0. The highest BCUT2D eigenvalue weighted by Crippen LogP contribution is 2.34. The minimum Gasteiger partial charge on any atom is -0.492 e. The zero-order valence-corrected chi connectivity index (χ0v) is 17.7. The lowest BCUT2D eigenvalue weighted by molar-refractivity contribution is 0.233. The molecule has 1 heterocycles. The number of aromatic nitrogens is 1. The van der Waals surface area contributed by atoms with Crippen LogP contribution < -0.4 is 20.1 Å². The lowest BCUT2D eigenvalue weighted by Gasteiger charge is -2.14. The van der Waals surface area contributed by atoms with Gasteiger partial charge in [0, 0.05) is 42.4 Å². The van der Waals surface area contributed by atoms with Gasteiger partial charge in [0.05, 0.1) is 17.7 Å². The molecule has 1 fully saturated rings. The molecule has 2 amide bonds. The van der Waals surface area contributed by atoms with Gasteiger partial charge in [0.2, 0.25) is 0 Å². The standard InChI is InChI=1S/C24H24N4O4/c1-15-11-18(5-6-20(15)28-24(30)27-17-3-4-17)32-22-7-8-26-21-13-23(31-10-2-9-29)16(14-25)12-19(21)22/h5-8,11-13,17,29H,2-4,9-10H2,1H3,(H2,27,28,30). The highest BCUT2D eigenvalue weighted by Gasteiger charge is 2.23. The molecule has 164 valence electrons. The lowest BCUT2D eigenvalue weighted by atomic mass is 10.1. The largest absolute Gasteiger partial charge is 0.492 e. The van der Waals surface area contributed by atoms with E-state index in [4.69, 9.17) is 14.6 Å². The van der Waals surface area contributed by atoms with Gasteiger partial charge in [-0.1, -0.05) is 0 Å². The summed E-state index contributed by atoms with van der Waals surface area (Å²) in [5.74, 6) is 1.58. The summed E-state index contributed by atoms with van der Waals surface area (Å²) >= 11 is 0. The minimum absolute atomic E-state index is 0.0185. The molecule has 1 aromatic heterocycles. The van der Waals surface area contributed by atoms with Crippen LogP contribution in [0, 0.1) is 18.3 Å². The maximum absolute atomic E-state index is 12.0. The Balaban J connectivity index is 1.55. The number of urea groups is 1. The van der Waals surface area contributed by atoms with Crippen LogP contribution in [0.5, 0.6) is 17.2 Å². The van der Waals surface area contributed by atoms with Crippen molar-refractivity contribution in [3.63, 3.8) is 0 Å². The first-order chi connectivity index (χ1) is 15.6. The van der Waals surface area contributed by atoms with Crippen LogP contribution in [0.15, 0.2) is 42.6 Å². The zero-order chi connectivity index (χ0) is 22.5. The van der Waals surface area contributed by atoms with Crippen LogP contribution in [0.2, 0.25) is 0 Å². The Morgan fingerprint density at radius 2 is 2.09 bits per heavy atom. The van der Waals surface area contributed by atoms with Crippen molar-refractivity contribution >= 4 is 22.6 Å². The Kier molecular flexibility index (Phi) is 6.38. The van der Waals surface area contributed by atoms with Crippen LogP contribution >= 0.6 is 0 Å². The molecule has 32 heavy (non-hydrogen) atoms. The number of hydrogen-bond acceptors (Lipinski definition) is 6. The van der Waals surface area contributed by atoms with Gasteiger partial charge in [-0.15, -0.1) is 0 Å². The Labute approximate surface area is 185 Å². The maximum atomic E-state index is 12.0. The van der Waals surface area contributed by atoms with Gasteiger partial charge in [-0.3, -0.25) is 4.98 Å². The molecule has 3 N–H and O–H groups in total. The third-order valence-electron chi connectivity index (χ3n) is 5.07. The molecule has 0 saturated heterocycles. The molecule has 3 aromatic rings. The van der Waals surface area contributed by atoms with Crippen molar-refractivity contribution in [2.24, 2.45) is 0 Å². The number of aryl methyl sites for hydroxylation is 1. The second kappa shape index (κ2) is 9.54. The molecule has 4 rings (SSSR count). The molecule has 8 nitrogen and oxygen atoms in total. The molecule has 1 aliphatic carbocycles. The van der Waals surface area contributed by atoms with Crippen molar-refractivity contribution in [1.82, 2.24) is 10.3 Å². The van der Waals surface area contributed by atoms with Gasteiger partial charge in [-0.25, -0.2) is 4.79 Å². The molecule has 0 unspecified atom stereocenters. The molecular weight excluding hydrogens is 408 g/mol. The number of hydrogen-bond donors (Lipinski definition) is 3. The van der Waals surface area contributed by atoms with Gasteiger partial charge in [0.25, 0.3) is 0 Å². The van der Waals surface area contributed by atoms with E-state index in [1.807, 2.05) is 13.0 Å². The van der Waals surface area contributed by atoms with Crippen LogP contribution in [0.4, 0.5) is 10.5 Å².